The number of amides is 1. The Balaban J connectivity index is 1.57. The van der Waals surface area contributed by atoms with Gasteiger partial charge in [0, 0.05) is 24.5 Å². The van der Waals surface area contributed by atoms with Gasteiger partial charge in [0.05, 0.1) is 11.4 Å². The number of rotatable bonds is 8. The summed E-state index contributed by atoms with van der Waals surface area (Å²) >= 11 is 8.20. The summed E-state index contributed by atoms with van der Waals surface area (Å²) in [7, 11) is 0. The first-order valence-corrected chi connectivity index (χ1v) is 11.2. The highest BCUT2D eigenvalue weighted by Crippen LogP contribution is 2.24. The van der Waals surface area contributed by atoms with Crippen molar-refractivity contribution >= 4 is 52.6 Å². The molecule has 1 heterocycles. The van der Waals surface area contributed by atoms with Gasteiger partial charge in [0.2, 0.25) is 5.91 Å². The Morgan fingerprint density at radius 2 is 1.82 bits per heavy atom. The normalized spacial score (nSPS) is 10.6. The quantitative estimate of drug-likeness (QED) is 0.391. The third kappa shape index (κ3) is 5.21. The predicted octanol–water partition coefficient (Wildman–Crippen LogP) is 5.24. The SMILES string of the molecule is CCN(CC)c1ccc(NC(=O)CSc2nn(-c3ccccc3)c(=S)s2)cc1. The van der Waals surface area contributed by atoms with E-state index in [-0.39, 0.29) is 11.7 Å². The molecule has 5 nitrogen and oxygen atoms in total. The molecule has 0 saturated heterocycles. The van der Waals surface area contributed by atoms with Gasteiger partial charge < -0.3 is 10.2 Å². The summed E-state index contributed by atoms with van der Waals surface area (Å²) in [5.74, 6) is 0.225. The number of carbonyl (C=O) groups is 1. The Bertz CT molecular complexity index is 963. The lowest BCUT2D eigenvalue weighted by molar-refractivity contribution is -0.113. The van der Waals surface area contributed by atoms with E-state index in [1.807, 2.05) is 54.6 Å². The molecule has 0 saturated carbocycles. The Morgan fingerprint density at radius 3 is 2.46 bits per heavy atom. The van der Waals surface area contributed by atoms with Gasteiger partial charge in [0.15, 0.2) is 8.29 Å². The van der Waals surface area contributed by atoms with Crippen molar-refractivity contribution in [3.63, 3.8) is 0 Å². The van der Waals surface area contributed by atoms with E-state index in [1.165, 1.54) is 23.1 Å². The molecule has 0 spiro atoms. The van der Waals surface area contributed by atoms with Gasteiger partial charge in [-0.3, -0.25) is 4.79 Å². The van der Waals surface area contributed by atoms with Crippen LogP contribution in [0.3, 0.4) is 0 Å². The second kappa shape index (κ2) is 9.86. The summed E-state index contributed by atoms with van der Waals surface area (Å²) < 4.78 is 3.17. The van der Waals surface area contributed by atoms with E-state index in [0.717, 1.165) is 34.5 Å². The summed E-state index contributed by atoms with van der Waals surface area (Å²) in [5, 5.41) is 7.45. The molecule has 146 valence electrons. The zero-order valence-corrected chi connectivity index (χ0v) is 18.2. The number of nitrogens with zero attached hydrogens (tertiary/aromatic N) is 3. The number of anilines is 2. The minimum absolute atomic E-state index is 0.0621. The number of para-hydroxylation sites is 1. The first kappa shape index (κ1) is 20.6. The molecule has 0 aliphatic carbocycles. The Kier molecular flexibility index (Phi) is 7.24. The van der Waals surface area contributed by atoms with Gasteiger partial charge in [-0.2, -0.15) is 0 Å². The molecular formula is C20H22N4OS3. The van der Waals surface area contributed by atoms with Crippen LogP contribution in [-0.4, -0.2) is 34.5 Å². The number of carbonyl (C=O) groups excluding carboxylic acids is 1. The maximum atomic E-state index is 12.3. The molecule has 8 heteroatoms. The van der Waals surface area contributed by atoms with Crippen molar-refractivity contribution in [1.29, 1.82) is 0 Å². The topological polar surface area (TPSA) is 50.2 Å². The third-order valence-corrected chi connectivity index (χ3v) is 6.50. The van der Waals surface area contributed by atoms with Crippen LogP contribution in [0.15, 0.2) is 58.9 Å². The molecule has 0 unspecified atom stereocenters. The molecule has 3 aromatic rings. The maximum Gasteiger partial charge on any atom is 0.234 e. The van der Waals surface area contributed by atoms with Gasteiger partial charge >= 0.3 is 0 Å². The third-order valence-electron chi connectivity index (χ3n) is 4.14. The fourth-order valence-corrected chi connectivity index (χ4v) is 4.88. The highest BCUT2D eigenvalue weighted by molar-refractivity contribution is 8.01. The number of hydrogen-bond donors (Lipinski definition) is 1. The second-order valence-corrected chi connectivity index (χ2v) is 8.78. The number of hydrogen-bond acceptors (Lipinski definition) is 6. The number of aromatic nitrogens is 2. The largest absolute Gasteiger partial charge is 0.372 e. The standard InChI is InChI=1S/C20H22N4OS3/c1-3-23(4-2)16-12-10-15(11-13-16)21-18(25)14-27-19-22-24(20(26)28-19)17-8-6-5-7-9-17/h5-13H,3-4,14H2,1-2H3,(H,21,25). The van der Waals surface area contributed by atoms with Crippen LogP contribution >= 0.6 is 35.3 Å². The van der Waals surface area contributed by atoms with Crippen molar-refractivity contribution < 1.29 is 4.79 Å². The lowest BCUT2D eigenvalue weighted by atomic mass is 10.2. The summed E-state index contributed by atoms with van der Waals surface area (Å²) in [5.41, 5.74) is 2.88. The molecule has 3 rings (SSSR count). The zero-order chi connectivity index (χ0) is 19.9. The van der Waals surface area contributed by atoms with Gasteiger partial charge in [0.1, 0.15) is 0 Å². The van der Waals surface area contributed by atoms with Crippen LogP contribution in [0, 0.1) is 3.95 Å². The van der Waals surface area contributed by atoms with E-state index < -0.39 is 0 Å². The molecule has 0 radical (unpaired) electrons. The van der Waals surface area contributed by atoms with Crippen LogP contribution in [-0.2, 0) is 4.79 Å². The van der Waals surface area contributed by atoms with Crippen molar-refractivity contribution in [1.82, 2.24) is 9.78 Å². The molecule has 1 N–H and O–H groups in total. The molecule has 0 aliphatic heterocycles. The number of benzene rings is 2. The van der Waals surface area contributed by atoms with Crippen LogP contribution < -0.4 is 10.2 Å². The minimum Gasteiger partial charge on any atom is -0.372 e. The van der Waals surface area contributed by atoms with Gasteiger partial charge in [0.25, 0.3) is 0 Å². The lowest BCUT2D eigenvalue weighted by Gasteiger charge is -2.21. The van der Waals surface area contributed by atoms with E-state index in [9.17, 15) is 4.79 Å². The smallest absolute Gasteiger partial charge is 0.234 e. The van der Waals surface area contributed by atoms with Crippen LogP contribution in [0.25, 0.3) is 5.69 Å². The molecule has 0 bridgehead atoms. The van der Waals surface area contributed by atoms with Crippen molar-refractivity contribution in [3.05, 3.63) is 58.6 Å². The Hall–Kier alpha value is -2.16. The van der Waals surface area contributed by atoms with E-state index in [0.29, 0.717) is 3.95 Å². The molecule has 1 amide bonds. The van der Waals surface area contributed by atoms with Crippen LogP contribution in [0.1, 0.15) is 13.8 Å². The van der Waals surface area contributed by atoms with Crippen LogP contribution in [0.4, 0.5) is 11.4 Å². The zero-order valence-electron chi connectivity index (χ0n) is 15.8. The highest BCUT2D eigenvalue weighted by atomic mass is 32.2. The molecule has 0 atom stereocenters. The summed E-state index contributed by atoms with van der Waals surface area (Å²) in [4.78, 5) is 14.5. The fraction of sp³-hybridized carbons (Fsp3) is 0.250. The van der Waals surface area contributed by atoms with Crippen LogP contribution in [0.2, 0.25) is 0 Å². The highest BCUT2D eigenvalue weighted by Gasteiger charge is 2.10. The predicted molar refractivity (Wildman–Crippen MR) is 122 cm³/mol. The summed E-state index contributed by atoms with van der Waals surface area (Å²) in [6.07, 6.45) is 0. The maximum absolute atomic E-state index is 12.3. The van der Waals surface area contributed by atoms with Gasteiger partial charge in [-0.05, 0) is 62.5 Å². The van der Waals surface area contributed by atoms with Gasteiger partial charge in [-0.1, -0.05) is 41.3 Å². The molecule has 2 aromatic carbocycles. The minimum atomic E-state index is -0.0621. The van der Waals surface area contributed by atoms with E-state index in [4.69, 9.17) is 12.2 Å². The van der Waals surface area contributed by atoms with Crippen LogP contribution in [0.5, 0.6) is 0 Å². The van der Waals surface area contributed by atoms with E-state index in [2.05, 4.69) is 29.2 Å². The van der Waals surface area contributed by atoms with Gasteiger partial charge in [-0.15, -0.1) is 5.10 Å². The molecule has 1 aromatic heterocycles. The van der Waals surface area contributed by atoms with Crippen molar-refractivity contribution in [3.8, 4) is 5.69 Å². The first-order valence-electron chi connectivity index (χ1n) is 9.04. The Morgan fingerprint density at radius 1 is 1.14 bits per heavy atom. The number of thioether (sulfide) groups is 1. The summed E-state index contributed by atoms with van der Waals surface area (Å²) in [6.45, 7) is 6.18. The van der Waals surface area contributed by atoms with E-state index >= 15 is 0 Å². The van der Waals surface area contributed by atoms with E-state index in [1.54, 1.807) is 4.68 Å². The first-order chi connectivity index (χ1) is 13.6. The average molecular weight is 431 g/mol. The van der Waals surface area contributed by atoms with Crippen molar-refractivity contribution in [2.45, 2.75) is 18.2 Å². The lowest BCUT2D eigenvalue weighted by Crippen LogP contribution is -2.21. The monoisotopic (exact) mass is 430 g/mol. The van der Waals surface area contributed by atoms with Crippen molar-refractivity contribution in [2.24, 2.45) is 0 Å². The molecule has 28 heavy (non-hydrogen) atoms. The van der Waals surface area contributed by atoms with Crippen molar-refractivity contribution in [2.75, 3.05) is 29.1 Å². The number of nitrogens with one attached hydrogen (secondary N) is 1. The molecule has 0 fully saturated rings. The molecule has 0 aliphatic rings. The summed E-state index contributed by atoms with van der Waals surface area (Å²) in [6, 6.07) is 17.7. The fourth-order valence-electron chi connectivity index (χ4n) is 2.72. The van der Waals surface area contributed by atoms with Gasteiger partial charge in [-0.25, -0.2) is 4.68 Å². The average Bonchev–Trinajstić information content (AvgIpc) is 3.10. The Labute approximate surface area is 178 Å². The second-order valence-electron chi connectivity index (χ2n) is 5.94. The molecular weight excluding hydrogens is 408 g/mol.